The first kappa shape index (κ1) is 3.67. The molecule has 0 fully saturated rings. The van der Waals surface area contributed by atoms with Gasteiger partial charge in [0.2, 0.25) is 0 Å². The van der Waals surface area contributed by atoms with E-state index in [9.17, 15) is 0 Å². The highest BCUT2D eigenvalue weighted by Gasteiger charge is 1.95. The summed E-state index contributed by atoms with van der Waals surface area (Å²) in [5.74, 6) is 0. The fraction of sp³-hybridized carbons (Fsp3) is 0.500. The Balaban J connectivity index is 2.52. The Morgan fingerprint density at radius 3 is 2.83 bits per heavy atom. The van der Waals surface area contributed by atoms with Gasteiger partial charge in [0.15, 0.2) is 0 Å². The molecule has 1 aliphatic heterocycles. The minimum Gasteiger partial charge on any atom is -0.251 e. The largest absolute Gasteiger partial charge is 0.251 e. The van der Waals surface area contributed by atoms with Gasteiger partial charge in [-0.05, 0) is 0 Å². The lowest BCUT2D eigenvalue weighted by molar-refractivity contribution is 0.971. The van der Waals surface area contributed by atoms with Gasteiger partial charge in [0.25, 0.3) is 0 Å². The summed E-state index contributed by atoms with van der Waals surface area (Å²) < 4.78 is 0. The zero-order chi connectivity index (χ0) is 4.41. The van der Waals surface area contributed by atoms with Gasteiger partial charge in [-0.25, -0.2) is 0 Å². The summed E-state index contributed by atoms with van der Waals surface area (Å²) in [5.41, 5.74) is 2.51. The van der Waals surface area contributed by atoms with Gasteiger partial charge >= 0.3 is 0 Å². The molecule has 0 aromatic carbocycles. The van der Waals surface area contributed by atoms with Crippen LogP contribution >= 0.6 is 12.2 Å². The van der Waals surface area contributed by atoms with Crippen LogP contribution in [0.15, 0.2) is 10.3 Å². The number of rotatable bonds is 0. The molecule has 6 heavy (non-hydrogen) atoms. The molecule has 0 aromatic heterocycles. The summed E-state index contributed by atoms with van der Waals surface area (Å²) >= 11 is 4.62. The first-order valence-electron chi connectivity index (χ1n) is 1.55. The molecule has 0 aromatic rings. The van der Waals surface area contributed by atoms with Crippen LogP contribution in [0.3, 0.4) is 0 Å². The molecule has 0 saturated heterocycles. The van der Waals surface area contributed by atoms with E-state index in [2.05, 4.69) is 28.0 Å². The molecule has 0 unspecified atom stereocenters. The fourth-order valence-electron chi connectivity index (χ4n) is 0.226. The third kappa shape index (κ3) is 0.514. The van der Waals surface area contributed by atoms with E-state index in [0.29, 0.717) is 11.5 Å². The number of nitrogens with zero attached hydrogens (tertiary/aromatic N) is 2. The predicted molar refractivity (Wildman–Crippen MR) is 25.5 cm³/mol. The van der Waals surface area contributed by atoms with E-state index in [4.69, 9.17) is 0 Å². The Kier molecular flexibility index (Phi) is 0.795. The van der Waals surface area contributed by atoms with Crippen LogP contribution in [-0.4, -0.2) is 11.5 Å². The standard InChI is InChI=1S/C2H3N3S/c6-2-1-3-5-4-2/h1H2,(H,3,4,6). The molecule has 0 bridgehead atoms. The lowest BCUT2D eigenvalue weighted by Crippen LogP contribution is -2.09. The minimum atomic E-state index is 0.565. The van der Waals surface area contributed by atoms with Crippen molar-refractivity contribution in [2.75, 3.05) is 6.54 Å². The first-order valence-corrected chi connectivity index (χ1v) is 1.96. The summed E-state index contributed by atoms with van der Waals surface area (Å²) in [6.07, 6.45) is 0. The molecule has 32 valence electrons. The Bertz CT molecular complexity index is 87.0. The van der Waals surface area contributed by atoms with Crippen LogP contribution in [0.25, 0.3) is 0 Å². The van der Waals surface area contributed by atoms with Gasteiger partial charge in [-0.2, -0.15) is 5.11 Å². The van der Waals surface area contributed by atoms with Crippen LogP contribution in [0.4, 0.5) is 0 Å². The molecule has 0 atom stereocenters. The SMILES string of the molecule is S=C1CN=NN1. The summed E-state index contributed by atoms with van der Waals surface area (Å²) in [6, 6.07) is 0. The van der Waals surface area contributed by atoms with Crippen molar-refractivity contribution in [3.05, 3.63) is 0 Å². The van der Waals surface area contributed by atoms with E-state index < -0.39 is 0 Å². The molecule has 0 aliphatic carbocycles. The Morgan fingerprint density at radius 2 is 2.67 bits per heavy atom. The topological polar surface area (TPSA) is 36.8 Å². The van der Waals surface area contributed by atoms with Gasteiger partial charge in [0, 0.05) is 0 Å². The highest BCUT2D eigenvalue weighted by atomic mass is 32.1. The van der Waals surface area contributed by atoms with Crippen molar-refractivity contribution in [1.82, 2.24) is 5.43 Å². The van der Waals surface area contributed by atoms with Crippen molar-refractivity contribution in [2.45, 2.75) is 0 Å². The fourth-order valence-corrected chi connectivity index (χ4v) is 0.325. The summed E-state index contributed by atoms with van der Waals surface area (Å²) in [6.45, 7) is 0.565. The van der Waals surface area contributed by atoms with Crippen molar-refractivity contribution in [3.8, 4) is 0 Å². The second-order valence-corrected chi connectivity index (χ2v) is 1.43. The maximum Gasteiger partial charge on any atom is 0.121 e. The van der Waals surface area contributed by atoms with Gasteiger partial charge in [0.05, 0.1) is 0 Å². The molecule has 0 spiro atoms. The monoisotopic (exact) mass is 101 g/mol. The molecule has 0 radical (unpaired) electrons. The molecule has 1 aliphatic rings. The van der Waals surface area contributed by atoms with Crippen LogP contribution in [0.1, 0.15) is 0 Å². The lowest BCUT2D eigenvalue weighted by Gasteiger charge is -1.78. The summed E-state index contributed by atoms with van der Waals surface area (Å²) in [4.78, 5) is 0.704. The summed E-state index contributed by atoms with van der Waals surface area (Å²) in [7, 11) is 0. The normalized spacial score (nSPS) is 18.3. The van der Waals surface area contributed by atoms with Crippen LogP contribution in [0.2, 0.25) is 0 Å². The second-order valence-electron chi connectivity index (χ2n) is 0.935. The van der Waals surface area contributed by atoms with E-state index in [1.807, 2.05) is 0 Å². The van der Waals surface area contributed by atoms with Crippen molar-refractivity contribution >= 4 is 17.2 Å². The van der Waals surface area contributed by atoms with Gasteiger partial charge < -0.3 is 0 Å². The van der Waals surface area contributed by atoms with Crippen LogP contribution in [-0.2, 0) is 0 Å². The average molecular weight is 101 g/mol. The highest BCUT2D eigenvalue weighted by Crippen LogP contribution is 1.83. The quantitative estimate of drug-likeness (QED) is 0.445. The highest BCUT2D eigenvalue weighted by molar-refractivity contribution is 7.80. The second kappa shape index (κ2) is 1.30. The Hall–Kier alpha value is -0.510. The van der Waals surface area contributed by atoms with Crippen molar-refractivity contribution < 1.29 is 0 Å². The Morgan fingerprint density at radius 1 is 1.83 bits per heavy atom. The average Bonchev–Trinajstić information content (AvgIpc) is 1.86. The third-order valence-electron chi connectivity index (χ3n) is 0.460. The minimum absolute atomic E-state index is 0.565. The molecule has 0 saturated carbocycles. The predicted octanol–water partition coefficient (Wildman–Crippen LogP) is 0.284. The van der Waals surface area contributed by atoms with Crippen LogP contribution in [0, 0.1) is 0 Å². The Labute approximate surface area is 40.4 Å². The van der Waals surface area contributed by atoms with Crippen molar-refractivity contribution in [3.63, 3.8) is 0 Å². The molecule has 1 heterocycles. The van der Waals surface area contributed by atoms with E-state index in [1.54, 1.807) is 0 Å². The van der Waals surface area contributed by atoms with Gasteiger partial charge in [-0.3, -0.25) is 5.43 Å². The molecular formula is C2H3N3S. The molecule has 3 nitrogen and oxygen atoms in total. The van der Waals surface area contributed by atoms with Crippen LogP contribution in [0.5, 0.6) is 0 Å². The van der Waals surface area contributed by atoms with E-state index >= 15 is 0 Å². The number of nitrogens with one attached hydrogen (secondary N) is 1. The zero-order valence-electron chi connectivity index (χ0n) is 3.01. The van der Waals surface area contributed by atoms with Crippen molar-refractivity contribution in [1.29, 1.82) is 0 Å². The first-order chi connectivity index (χ1) is 2.89. The smallest absolute Gasteiger partial charge is 0.121 e. The zero-order valence-corrected chi connectivity index (χ0v) is 3.83. The molecule has 4 heteroatoms. The van der Waals surface area contributed by atoms with Gasteiger partial charge in [0.1, 0.15) is 11.5 Å². The van der Waals surface area contributed by atoms with Crippen molar-refractivity contribution in [2.24, 2.45) is 10.3 Å². The maximum atomic E-state index is 4.62. The number of thiocarbonyl (C=S) groups is 1. The third-order valence-corrected chi connectivity index (χ3v) is 0.680. The van der Waals surface area contributed by atoms with E-state index in [1.165, 1.54) is 0 Å². The number of hydrogen-bond donors (Lipinski definition) is 1. The van der Waals surface area contributed by atoms with Gasteiger partial charge in [-0.1, -0.05) is 17.4 Å². The van der Waals surface area contributed by atoms with Crippen LogP contribution < -0.4 is 5.43 Å². The molecule has 0 amide bonds. The molecule has 1 rings (SSSR count). The van der Waals surface area contributed by atoms with E-state index in [-0.39, 0.29) is 0 Å². The number of hydrogen-bond acceptors (Lipinski definition) is 3. The van der Waals surface area contributed by atoms with E-state index in [0.717, 1.165) is 0 Å². The molecular weight excluding hydrogens is 98.1 g/mol. The molecule has 1 N–H and O–H groups in total. The maximum absolute atomic E-state index is 4.62. The lowest BCUT2D eigenvalue weighted by atomic mass is 10.7. The van der Waals surface area contributed by atoms with Gasteiger partial charge in [-0.15, -0.1) is 0 Å². The summed E-state index contributed by atoms with van der Waals surface area (Å²) in [5, 5.41) is 6.94.